The predicted molar refractivity (Wildman–Crippen MR) is 71.5 cm³/mol. The van der Waals surface area contributed by atoms with E-state index in [-0.39, 0.29) is 0 Å². The van der Waals surface area contributed by atoms with Gasteiger partial charge in [0, 0.05) is 5.70 Å². The van der Waals surface area contributed by atoms with Gasteiger partial charge >= 0.3 is 0 Å². The van der Waals surface area contributed by atoms with Crippen LogP contribution in [-0.4, -0.2) is 0 Å². The zero-order chi connectivity index (χ0) is 12.3. The summed E-state index contributed by atoms with van der Waals surface area (Å²) < 4.78 is 0. The summed E-state index contributed by atoms with van der Waals surface area (Å²) in [5.41, 5.74) is 8.00. The molecule has 0 heterocycles. The summed E-state index contributed by atoms with van der Waals surface area (Å²) in [4.78, 5) is 0. The highest BCUT2D eigenvalue weighted by Gasteiger charge is 1.89. The van der Waals surface area contributed by atoms with Crippen molar-refractivity contribution in [1.29, 1.82) is 0 Å². The molecule has 0 saturated carbocycles. The largest absolute Gasteiger partial charge is 0.399 e. The highest BCUT2D eigenvalue weighted by Crippen LogP contribution is 2.08. The fraction of sp³-hybridized carbons (Fsp3) is 0.286. The van der Waals surface area contributed by atoms with Crippen LogP contribution in [0.15, 0.2) is 60.4 Å². The molecule has 0 aliphatic heterocycles. The fourth-order valence-corrected chi connectivity index (χ4v) is 0.687. The Kier molecular flexibility index (Phi) is 11.2. The van der Waals surface area contributed by atoms with Crippen LogP contribution in [0.1, 0.15) is 27.7 Å². The highest BCUT2D eigenvalue weighted by atomic mass is 14.5. The third-order valence-corrected chi connectivity index (χ3v) is 1.54. The van der Waals surface area contributed by atoms with Crippen LogP contribution in [0.5, 0.6) is 0 Å². The van der Waals surface area contributed by atoms with Crippen LogP contribution in [-0.2, 0) is 0 Å². The van der Waals surface area contributed by atoms with Crippen LogP contribution in [0.25, 0.3) is 0 Å². The van der Waals surface area contributed by atoms with Crippen molar-refractivity contribution in [3.8, 4) is 0 Å². The Labute approximate surface area is 94.4 Å². The molecule has 0 aliphatic rings. The second-order valence-corrected chi connectivity index (χ2v) is 2.81. The standard InChI is InChI=1S/C12H17N.C2H6/c1-5-6-7-10(2)11(3)8-9-12(4)13;1-2/h5-9H,3-4,13H2,1-2H3;1-2H3/b6-5-,9-8-,10-7+;. The first-order valence-electron chi connectivity index (χ1n) is 5.19. The number of nitrogens with two attached hydrogens (primary N) is 1. The Bertz CT molecular complexity index is 278. The quantitative estimate of drug-likeness (QED) is 0.686. The van der Waals surface area contributed by atoms with Crippen molar-refractivity contribution in [1.82, 2.24) is 0 Å². The Morgan fingerprint density at radius 1 is 1.13 bits per heavy atom. The molecule has 0 bridgehead atoms. The number of hydrogen-bond donors (Lipinski definition) is 1. The van der Waals surface area contributed by atoms with Crippen LogP contribution in [0.2, 0.25) is 0 Å². The predicted octanol–water partition coefficient (Wildman–Crippen LogP) is 4.12. The monoisotopic (exact) mass is 205 g/mol. The third-order valence-electron chi connectivity index (χ3n) is 1.54. The van der Waals surface area contributed by atoms with Gasteiger partial charge in [0.05, 0.1) is 0 Å². The molecule has 0 unspecified atom stereocenters. The van der Waals surface area contributed by atoms with Crippen molar-refractivity contribution in [3.63, 3.8) is 0 Å². The minimum atomic E-state index is 0.542. The summed E-state index contributed by atoms with van der Waals surface area (Å²) in [7, 11) is 0. The minimum Gasteiger partial charge on any atom is -0.399 e. The summed E-state index contributed by atoms with van der Waals surface area (Å²) in [6, 6.07) is 0. The van der Waals surface area contributed by atoms with Crippen LogP contribution < -0.4 is 5.73 Å². The molecule has 0 aromatic carbocycles. The minimum absolute atomic E-state index is 0.542. The van der Waals surface area contributed by atoms with Gasteiger partial charge in [-0.2, -0.15) is 0 Å². The molecule has 0 spiro atoms. The maximum absolute atomic E-state index is 5.39. The molecule has 0 amide bonds. The van der Waals surface area contributed by atoms with Crippen LogP contribution in [0.3, 0.4) is 0 Å². The van der Waals surface area contributed by atoms with Crippen molar-refractivity contribution in [2.45, 2.75) is 27.7 Å². The zero-order valence-corrected chi connectivity index (χ0v) is 10.4. The lowest BCUT2D eigenvalue weighted by molar-refractivity contribution is 1.41. The van der Waals surface area contributed by atoms with E-state index in [1.807, 2.05) is 52.0 Å². The van der Waals surface area contributed by atoms with Crippen LogP contribution in [0, 0.1) is 0 Å². The number of hydrogen-bond acceptors (Lipinski definition) is 1. The first-order chi connectivity index (χ1) is 7.07. The molecular formula is C14H23N. The van der Waals surface area contributed by atoms with Crippen molar-refractivity contribution < 1.29 is 0 Å². The van der Waals surface area contributed by atoms with E-state index in [9.17, 15) is 0 Å². The second kappa shape index (κ2) is 10.6. The summed E-state index contributed by atoms with van der Waals surface area (Å²) in [6.07, 6.45) is 9.56. The molecule has 0 aromatic rings. The Hall–Kier alpha value is -1.50. The number of allylic oxidation sites excluding steroid dienone is 7. The lowest BCUT2D eigenvalue weighted by Gasteiger charge is -1.97. The summed E-state index contributed by atoms with van der Waals surface area (Å²) in [5, 5.41) is 0. The van der Waals surface area contributed by atoms with E-state index in [1.165, 1.54) is 0 Å². The fourth-order valence-electron chi connectivity index (χ4n) is 0.687. The normalized spacial score (nSPS) is 11.3. The third kappa shape index (κ3) is 10.4. The van der Waals surface area contributed by atoms with E-state index in [2.05, 4.69) is 13.2 Å². The van der Waals surface area contributed by atoms with E-state index in [0.717, 1.165) is 11.1 Å². The maximum Gasteiger partial charge on any atom is 0.0241 e. The molecule has 0 fully saturated rings. The van der Waals surface area contributed by atoms with Crippen LogP contribution in [0.4, 0.5) is 0 Å². The van der Waals surface area contributed by atoms with Gasteiger partial charge in [0.2, 0.25) is 0 Å². The molecule has 1 heteroatoms. The summed E-state index contributed by atoms with van der Waals surface area (Å²) >= 11 is 0. The topological polar surface area (TPSA) is 26.0 Å². The van der Waals surface area contributed by atoms with Crippen molar-refractivity contribution in [2.75, 3.05) is 0 Å². The summed E-state index contributed by atoms with van der Waals surface area (Å²) in [5.74, 6) is 0. The van der Waals surface area contributed by atoms with Gasteiger partial charge in [-0.1, -0.05) is 51.3 Å². The Morgan fingerprint density at radius 3 is 2.07 bits per heavy atom. The lowest BCUT2D eigenvalue weighted by atomic mass is 10.1. The van der Waals surface area contributed by atoms with Crippen molar-refractivity contribution >= 4 is 0 Å². The van der Waals surface area contributed by atoms with Gasteiger partial charge in [0.25, 0.3) is 0 Å². The second-order valence-electron chi connectivity index (χ2n) is 2.81. The van der Waals surface area contributed by atoms with Crippen molar-refractivity contribution in [3.05, 3.63) is 60.4 Å². The highest BCUT2D eigenvalue weighted by molar-refractivity contribution is 5.39. The molecular weight excluding hydrogens is 182 g/mol. The average Bonchev–Trinajstić information content (AvgIpc) is 2.25. The molecule has 15 heavy (non-hydrogen) atoms. The molecule has 0 aliphatic carbocycles. The Morgan fingerprint density at radius 2 is 1.67 bits per heavy atom. The van der Waals surface area contributed by atoms with Crippen molar-refractivity contribution in [2.24, 2.45) is 5.73 Å². The van der Waals surface area contributed by atoms with Gasteiger partial charge in [-0.05, 0) is 31.1 Å². The SMILES string of the molecule is C=C(N)/C=C\C(=C)/C(C)=C/C=C\C.CC. The zero-order valence-electron chi connectivity index (χ0n) is 10.4. The average molecular weight is 205 g/mol. The van der Waals surface area contributed by atoms with Gasteiger partial charge < -0.3 is 5.73 Å². The Balaban J connectivity index is 0. The van der Waals surface area contributed by atoms with Gasteiger partial charge in [-0.15, -0.1) is 0 Å². The molecule has 0 saturated heterocycles. The summed E-state index contributed by atoms with van der Waals surface area (Å²) in [6.45, 7) is 15.4. The van der Waals surface area contributed by atoms with E-state index in [4.69, 9.17) is 5.73 Å². The van der Waals surface area contributed by atoms with Crippen LogP contribution >= 0.6 is 0 Å². The molecule has 0 rings (SSSR count). The van der Waals surface area contributed by atoms with Gasteiger partial charge in [0.1, 0.15) is 0 Å². The van der Waals surface area contributed by atoms with E-state index < -0.39 is 0 Å². The molecule has 0 radical (unpaired) electrons. The van der Waals surface area contributed by atoms with E-state index >= 15 is 0 Å². The molecule has 0 aromatic heterocycles. The van der Waals surface area contributed by atoms with Gasteiger partial charge in [-0.3, -0.25) is 0 Å². The maximum atomic E-state index is 5.39. The van der Waals surface area contributed by atoms with Gasteiger partial charge in [-0.25, -0.2) is 0 Å². The smallest absolute Gasteiger partial charge is 0.0241 e. The molecule has 84 valence electrons. The number of rotatable bonds is 4. The van der Waals surface area contributed by atoms with E-state index in [0.29, 0.717) is 5.70 Å². The first kappa shape index (κ1) is 15.9. The first-order valence-corrected chi connectivity index (χ1v) is 5.19. The molecule has 1 nitrogen and oxygen atoms in total. The molecule has 2 N–H and O–H groups in total. The molecule has 0 atom stereocenters. The lowest BCUT2D eigenvalue weighted by Crippen LogP contribution is -1.89. The van der Waals surface area contributed by atoms with Gasteiger partial charge in [0.15, 0.2) is 0 Å². The van der Waals surface area contributed by atoms with E-state index in [1.54, 1.807) is 6.08 Å².